The van der Waals surface area contributed by atoms with Gasteiger partial charge in [-0.25, -0.2) is 0 Å². The fourth-order valence-electron chi connectivity index (χ4n) is 2.94. The predicted octanol–water partition coefficient (Wildman–Crippen LogP) is 2.59. The fourth-order valence-corrected chi connectivity index (χ4v) is 2.94. The lowest BCUT2D eigenvalue weighted by molar-refractivity contribution is 0.199. The maximum atomic E-state index is 7.64. The first-order valence-corrected chi connectivity index (χ1v) is 6.76. The van der Waals surface area contributed by atoms with E-state index in [1.807, 2.05) is 18.2 Å². The van der Waals surface area contributed by atoms with Crippen LogP contribution in [-0.4, -0.2) is 23.3 Å². The van der Waals surface area contributed by atoms with E-state index in [-0.39, 0.29) is 5.84 Å². The van der Waals surface area contributed by atoms with Crippen molar-refractivity contribution in [3.63, 3.8) is 0 Å². The van der Waals surface area contributed by atoms with E-state index < -0.39 is 0 Å². The highest BCUT2D eigenvalue weighted by Gasteiger charge is 2.27. The van der Waals surface area contributed by atoms with Gasteiger partial charge in [0.15, 0.2) is 0 Å². The summed E-state index contributed by atoms with van der Waals surface area (Å²) in [6.07, 6.45) is 2.57. The first-order valence-electron chi connectivity index (χ1n) is 6.76. The molecule has 1 aromatic rings. The molecule has 2 rings (SSSR count). The van der Waals surface area contributed by atoms with E-state index in [0.717, 1.165) is 18.7 Å². The number of rotatable bonds is 4. The predicted molar refractivity (Wildman–Crippen MR) is 75.7 cm³/mol. The smallest absolute Gasteiger partial charge is 0.123 e. The van der Waals surface area contributed by atoms with Crippen molar-refractivity contribution in [3.8, 4) is 0 Å². The molecule has 0 amide bonds. The first kappa shape index (κ1) is 13.1. The van der Waals surface area contributed by atoms with E-state index in [1.165, 1.54) is 18.4 Å². The van der Waals surface area contributed by atoms with Gasteiger partial charge < -0.3 is 5.73 Å². The van der Waals surface area contributed by atoms with Crippen LogP contribution in [0.1, 0.15) is 37.8 Å². The van der Waals surface area contributed by atoms with Gasteiger partial charge >= 0.3 is 0 Å². The summed E-state index contributed by atoms with van der Waals surface area (Å²) in [6, 6.07) is 8.68. The van der Waals surface area contributed by atoms with E-state index in [9.17, 15) is 0 Å². The second-order valence-electron chi connectivity index (χ2n) is 5.49. The quantitative estimate of drug-likeness (QED) is 0.633. The van der Waals surface area contributed by atoms with Gasteiger partial charge in [0.25, 0.3) is 0 Å². The molecule has 1 aromatic carbocycles. The van der Waals surface area contributed by atoms with Gasteiger partial charge in [-0.2, -0.15) is 0 Å². The number of nitrogens with one attached hydrogen (secondary N) is 1. The normalized spacial score (nSPS) is 20.5. The van der Waals surface area contributed by atoms with Crippen molar-refractivity contribution in [2.75, 3.05) is 6.54 Å². The Morgan fingerprint density at radius 1 is 1.44 bits per heavy atom. The Balaban J connectivity index is 2.16. The van der Waals surface area contributed by atoms with Gasteiger partial charge in [-0.1, -0.05) is 38.1 Å². The first-order chi connectivity index (χ1) is 8.59. The molecule has 1 atom stereocenters. The third-order valence-corrected chi connectivity index (χ3v) is 3.86. The van der Waals surface area contributed by atoms with Crippen LogP contribution < -0.4 is 5.73 Å². The number of nitrogen functional groups attached to an aromatic ring is 1. The number of hydrogen-bond donors (Lipinski definition) is 2. The van der Waals surface area contributed by atoms with Crippen LogP contribution in [0.4, 0.5) is 0 Å². The number of amidine groups is 1. The molecular formula is C15H23N3. The Kier molecular flexibility index (Phi) is 4.02. The summed E-state index contributed by atoms with van der Waals surface area (Å²) >= 11 is 0. The highest BCUT2D eigenvalue weighted by molar-refractivity contribution is 5.96. The minimum absolute atomic E-state index is 0.172. The minimum atomic E-state index is 0.172. The van der Waals surface area contributed by atoms with Crippen molar-refractivity contribution in [1.82, 2.24) is 4.90 Å². The Morgan fingerprint density at radius 3 is 2.83 bits per heavy atom. The van der Waals surface area contributed by atoms with Gasteiger partial charge in [0.2, 0.25) is 0 Å². The summed E-state index contributed by atoms with van der Waals surface area (Å²) < 4.78 is 0. The third kappa shape index (κ3) is 2.72. The van der Waals surface area contributed by atoms with E-state index in [0.29, 0.717) is 12.0 Å². The molecule has 3 N–H and O–H groups in total. The van der Waals surface area contributed by atoms with Gasteiger partial charge in [-0.3, -0.25) is 10.3 Å². The summed E-state index contributed by atoms with van der Waals surface area (Å²) in [6.45, 7) is 6.66. The van der Waals surface area contributed by atoms with Crippen LogP contribution in [0, 0.1) is 11.3 Å². The van der Waals surface area contributed by atoms with Crippen LogP contribution in [0.3, 0.4) is 0 Å². The van der Waals surface area contributed by atoms with Crippen LogP contribution in [0.2, 0.25) is 0 Å². The van der Waals surface area contributed by atoms with Crippen molar-refractivity contribution < 1.29 is 0 Å². The molecule has 0 radical (unpaired) electrons. The Bertz CT molecular complexity index is 426. The summed E-state index contributed by atoms with van der Waals surface area (Å²) in [7, 11) is 0. The van der Waals surface area contributed by atoms with E-state index in [1.54, 1.807) is 0 Å². The maximum Gasteiger partial charge on any atom is 0.123 e. The molecule has 3 nitrogen and oxygen atoms in total. The van der Waals surface area contributed by atoms with Gasteiger partial charge in [-0.15, -0.1) is 0 Å². The maximum absolute atomic E-state index is 7.64. The number of benzene rings is 1. The van der Waals surface area contributed by atoms with Crippen LogP contribution in [-0.2, 0) is 6.54 Å². The van der Waals surface area contributed by atoms with E-state index >= 15 is 0 Å². The second-order valence-corrected chi connectivity index (χ2v) is 5.49. The lowest BCUT2D eigenvalue weighted by Gasteiger charge is -2.28. The lowest BCUT2D eigenvalue weighted by atomic mass is 10.0. The molecule has 1 heterocycles. The molecule has 1 aliphatic rings. The SMILES string of the molecule is CC(C)C1CCCN1Cc1ccccc1C(=N)N. The Hall–Kier alpha value is -1.35. The topological polar surface area (TPSA) is 53.1 Å². The number of nitrogens with two attached hydrogens (primary N) is 1. The highest BCUT2D eigenvalue weighted by atomic mass is 15.2. The summed E-state index contributed by atoms with van der Waals surface area (Å²) in [5.74, 6) is 0.864. The monoisotopic (exact) mass is 245 g/mol. The van der Waals surface area contributed by atoms with Crippen molar-refractivity contribution >= 4 is 5.84 Å². The minimum Gasteiger partial charge on any atom is -0.384 e. The van der Waals surface area contributed by atoms with Crippen LogP contribution in [0.15, 0.2) is 24.3 Å². The third-order valence-electron chi connectivity index (χ3n) is 3.86. The molecule has 1 saturated heterocycles. The molecule has 0 aromatic heterocycles. The average Bonchev–Trinajstić information content (AvgIpc) is 2.77. The van der Waals surface area contributed by atoms with Crippen molar-refractivity contribution in [3.05, 3.63) is 35.4 Å². The fraction of sp³-hybridized carbons (Fsp3) is 0.533. The standard InChI is InChI=1S/C15H23N3/c1-11(2)14-8-5-9-18(14)10-12-6-3-4-7-13(12)15(16)17/h3-4,6-7,11,14H,5,8-10H2,1-2H3,(H3,16,17). The van der Waals surface area contributed by atoms with Gasteiger partial charge in [0.05, 0.1) is 0 Å². The van der Waals surface area contributed by atoms with Crippen LogP contribution >= 0.6 is 0 Å². The summed E-state index contributed by atoms with van der Waals surface area (Å²) in [5, 5.41) is 7.64. The number of hydrogen-bond acceptors (Lipinski definition) is 2. The Labute approximate surface area is 109 Å². The summed E-state index contributed by atoms with van der Waals surface area (Å²) in [5.41, 5.74) is 7.71. The largest absolute Gasteiger partial charge is 0.384 e. The number of likely N-dealkylation sites (tertiary alicyclic amines) is 1. The average molecular weight is 245 g/mol. The Morgan fingerprint density at radius 2 is 2.17 bits per heavy atom. The second kappa shape index (κ2) is 5.53. The van der Waals surface area contributed by atoms with Gasteiger partial charge in [0.1, 0.15) is 5.84 Å². The van der Waals surface area contributed by atoms with Crippen LogP contribution in [0.25, 0.3) is 0 Å². The zero-order valence-corrected chi connectivity index (χ0v) is 11.3. The van der Waals surface area contributed by atoms with Gasteiger partial charge in [-0.05, 0) is 30.9 Å². The molecule has 1 unspecified atom stereocenters. The van der Waals surface area contributed by atoms with Crippen molar-refractivity contribution in [2.24, 2.45) is 11.7 Å². The molecule has 0 saturated carbocycles. The van der Waals surface area contributed by atoms with Crippen molar-refractivity contribution in [2.45, 2.75) is 39.3 Å². The molecule has 3 heteroatoms. The number of nitrogens with zero attached hydrogens (tertiary/aromatic N) is 1. The molecule has 0 aliphatic carbocycles. The molecular weight excluding hydrogens is 222 g/mol. The zero-order valence-electron chi connectivity index (χ0n) is 11.3. The summed E-state index contributed by atoms with van der Waals surface area (Å²) in [4.78, 5) is 2.53. The van der Waals surface area contributed by atoms with Gasteiger partial charge in [0, 0.05) is 18.2 Å². The van der Waals surface area contributed by atoms with E-state index in [2.05, 4.69) is 24.8 Å². The molecule has 98 valence electrons. The molecule has 0 spiro atoms. The molecule has 1 fully saturated rings. The molecule has 1 aliphatic heterocycles. The molecule has 0 bridgehead atoms. The molecule has 18 heavy (non-hydrogen) atoms. The van der Waals surface area contributed by atoms with Crippen LogP contribution in [0.5, 0.6) is 0 Å². The lowest BCUT2D eigenvalue weighted by Crippen LogP contribution is -2.33. The zero-order chi connectivity index (χ0) is 13.1. The van der Waals surface area contributed by atoms with Crippen molar-refractivity contribution in [1.29, 1.82) is 5.41 Å². The highest BCUT2D eigenvalue weighted by Crippen LogP contribution is 2.26. The van der Waals surface area contributed by atoms with E-state index in [4.69, 9.17) is 11.1 Å².